The molecule has 0 atom stereocenters. The third-order valence-corrected chi connectivity index (χ3v) is 3.52. The summed E-state index contributed by atoms with van der Waals surface area (Å²) in [5, 5.41) is 13.1. The van der Waals surface area contributed by atoms with Crippen molar-refractivity contribution in [2.75, 3.05) is 0 Å². The molecule has 0 bridgehead atoms. The summed E-state index contributed by atoms with van der Waals surface area (Å²) >= 11 is 0. The van der Waals surface area contributed by atoms with Gasteiger partial charge in [0, 0.05) is 24.5 Å². The quantitative estimate of drug-likeness (QED) is 0.798. The number of fused-ring (bicyclic) bond motifs is 1. The van der Waals surface area contributed by atoms with Crippen LogP contribution in [0.5, 0.6) is 0 Å². The Morgan fingerprint density at radius 1 is 1.23 bits per heavy atom. The first-order valence-corrected chi connectivity index (χ1v) is 6.92. The summed E-state index contributed by atoms with van der Waals surface area (Å²) in [4.78, 5) is 23.0. The van der Waals surface area contributed by atoms with Crippen molar-refractivity contribution >= 4 is 11.5 Å². The second kappa shape index (κ2) is 5.48. The fraction of sp³-hybridized carbons (Fsp3) is 0.188. The molecule has 0 amide bonds. The van der Waals surface area contributed by atoms with Gasteiger partial charge in [0.15, 0.2) is 0 Å². The highest BCUT2D eigenvalue weighted by atomic mass is 16.4. The lowest BCUT2D eigenvalue weighted by Gasteiger charge is -2.03. The number of aliphatic carboxylic acids is 1. The molecule has 0 unspecified atom stereocenters. The lowest BCUT2D eigenvalue weighted by Crippen LogP contribution is -2.22. The number of rotatable bonds is 4. The van der Waals surface area contributed by atoms with Crippen LogP contribution in [-0.4, -0.2) is 25.3 Å². The van der Waals surface area contributed by atoms with E-state index in [0.717, 1.165) is 11.1 Å². The fourth-order valence-electron chi connectivity index (χ4n) is 2.28. The number of hydrogen-bond acceptors (Lipinski definition) is 3. The summed E-state index contributed by atoms with van der Waals surface area (Å²) in [5.41, 5.74) is 3.00. The average molecular weight is 297 g/mol. The first kappa shape index (κ1) is 14.1. The number of hydrogen-bond donors (Lipinski definition) is 1. The predicted molar refractivity (Wildman–Crippen MR) is 81.9 cm³/mol. The van der Waals surface area contributed by atoms with Gasteiger partial charge in [-0.25, -0.2) is 4.52 Å². The molecule has 0 radical (unpaired) electrons. The van der Waals surface area contributed by atoms with Crippen molar-refractivity contribution in [3.8, 4) is 11.3 Å². The highest BCUT2D eigenvalue weighted by molar-refractivity contribution is 5.67. The first-order valence-electron chi connectivity index (χ1n) is 6.92. The van der Waals surface area contributed by atoms with E-state index in [1.807, 2.05) is 31.2 Å². The summed E-state index contributed by atoms with van der Waals surface area (Å²) in [6, 6.07) is 9.62. The van der Waals surface area contributed by atoms with Gasteiger partial charge in [0.1, 0.15) is 5.52 Å². The molecule has 0 fully saturated rings. The molecule has 0 spiro atoms. The van der Waals surface area contributed by atoms with Gasteiger partial charge in [0.05, 0.1) is 12.1 Å². The Morgan fingerprint density at radius 2 is 1.95 bits per heavy atom. The minimum Gasteiger partial charge on any atom is -0.481 e. The third kappa shape index (κ3) is 2.63. The number of aromatic nitrogens is 3. The van der Waals surface area contributed by atoms with E-state index in [-0.39, 0.29) is 18.5 Å². The van der Waals surface area contributed by atoms with Gasteiger partial charge >= 0.3 is 5.97 Å². The summed E-state index contributed by atoms with van der Waals surface area (Å²) in [5.74, 6) is -0.930. The van der Waals surface area contributed by atoms with Crippen molar-refractivity contribution in [3.05, 3.63) is 58.6 Å². The molecule has 3 rings (SSSR count). The third-order valence-electron chi connectivity index (χ3n) is 3.52. The van der Waals surface area contributed by atoms with Gasteiger partial charge in [-0.2, -0.15) is 5.10 Å². The van der Waals surface area contributed by atoms with E-state index in [2.05, 4.69) is 5.10 Å². The van der Waals surface area contributed by atoms with Crippen LogP contribution in [0.2, 0.25) is 0 Å². The lowest BCUT2D eigenvalue weighted by atomic mass is 10.1. The summed E-state index contributed by atoms with van der Waals surface area (Å²) in [6.07, 6.45) is 3.13. The van der Waals surface area contributed by atoms with Crippen molar-refractivity contribution in [2.24, 2.45) is 0 Å². The minimum absolute atomic E-state index is 0.0883. The van der Waals surface area contributed by atoms with E-state index in [1.54, 1.807) is 18.5 Å². The normalized spacial score (nSPS) is 11.0. The molecule has 3 aromatic rings. The second-order valence-electron chi connectivity index (χ2n) is 5.17. The van der Waals surface area contributed by atoms with Gasteiger partial charge < -0.3 is 9.67 Å². The Balaban J connectivity index is 2.02. The summed E-state index contributed by atoms with van der Waals surface area (Å²) in [6.45, 7) is 2.16. The lowest BCUT2D eigenvalue weighted by molar-refractivity contribution is -0.137. The zero-order valence-electron chi connectivity index (χ0n) is 12.1. The van der Waals surface area contributed by atoms with Crippen LogP contribution in [0.15, 0.2) is 47.5 Å². The van der Waals surface area contributed by atoms with E-state index < -0.39 is 5.97 Å². The molecule has 0 saturated heterocycles. The number of carbonyl (C=O) groups is 1. The van der Waals surface area contributed by atoms with Crippen LogP contribution in [-0.2, 0) is 11.3 Å². The van der Waals surface area contributed by atoms with Crippen LogP contribution in [0, 0.1) is 6.92 Å². The molecule has 6 nitrogen and oxygen atoms in total. The average Bonchev–Trinajstić information content (AvgIpc) is 2.92. The molecule has 0 aliphatic heterocycles. The molecule has 6 heteroatoms. The van der Waals surface area contributed by atoms with Crippen molar-refractivity contribution in [2.45, 2.75) is 19.9 Å². The molecule has 2 heterocycles. The van der Waals surface area contributed by atoms with Crippen LogP contribution >= 0.6 is 0 Å². The van der Waals surface area contributed by atoms with Gasteiger partial charge in [0.2, 0.25) is 0 Å². The van der Waals surface area contributed by atoms with Crippen molar-refractivity contribution < 1.29 is 9.90 Å². The largest absolute Gasteiger partial charge is 0.481 e. The Labute approximate surface area is 126 Å². The number of aryl methyl sites for hydroxylation is 2. The smallest absolute Gasteiger partial charge is 0.305 e. The van der Waals surface area contributed by atoms with Gasteiger partial charge in [-0.15, -0.1) is 0 Å². The van der Waals surface area contributed by atoms with E-state index in [9.17, 15) is 9.59 Å². The van der Waals surface area contributed by atoms with Crippen molar-refractivity contribution in [3.63, 3.8) is 0 Å². The van der Waals surface area contributed by atoms with Gasteiger partial charge in [-0.3, -0.25) is 9.59 Å². The van der Waals surface area contributed by atoms with E-state index in [1.165, 1.54) is 9.08 Å². The zero-order chi connectivity index (χ0) is 15.7. The Bertz CT molecular complexity index is 891. The van der Waals surface area contributed by atoms with Crippen LogP contribution in [0.4, 0.5) is 0 Å². The van der Waals surface area contributed by atoms with Gasteiger partial charge in [-0.1, -0.05) is 29.8 Å². The molecule has 0 aliphatic rings. The molecular weight excluding hydrogens is 282 g/mol. The molecule has 1 N–H and O–H groups in total. The number of nitrogens with zero attached hydrogens (tertiary/aromatic N) is 3. The van der Waals surface area contributed by atoms with Crippen LogP contribution in [0.1, 0.15) is 12.0 Å². The second-order valence-corrected chi connectivity index (χ2v) is 5.17. The molecule has 0 saturated carbocycles. The van der Waals surface area contributed by atoms with Crippen LogP contribution < -0.4 is 5.56 Å². The molecular formula is C16H15N3O3. The topological polar surface area (TPSA) is 76.6 Å². The standard InChI is InChI=1S/C16H15N3O3/c1-11-2-4-12(5-3-11)13-10-14-16(22)18(7-6-15(20)21)8-9-19(14)17-13/h2-5,8-10H,6-7H2,1H3,(H,20,21). The maximum absolute atomic E-state index is 12.3. The minimum atomic E-state index is -0.930. The molecule has 1 aromatic carbocycles. The Hall–Kier alpha value is -2.89. The van der Waals surface area contributed by atoms with Gasteiger partial charge in [0.25, 0.3) is 5.56 Å². The van der Waals surface area contributed by atoms with Crippen molar-refractivity contribution in [1.82, 2.24) is 14.2 Å². The maximum Gasteiger partial charge on any atom is 0.305 e. The SMILES string of the molecule is Cc1ccc(-c2cc3c(=O)n(CCC(=O)O)ccn3n2)cc1. The first-order chi connectivity index (χ1) is 10.5. The highest BCUT2D eigenvalue weighted by Crippen LogP contribution is 2.18. The van der Waals surface area contributed by atoms with Crippen LogP contribution in [0.25, 0.3) is 16.8 Å². The number of carboxylic acid groups (broad SMARTS) is 1. The summed E-state index contributed by atoms with van der Waals surface area (Å²) < 4.78 is 2.92. The van der Waals surface area contributed by atoms with E-state index >= 15 is 0 Å². The Kier molecular flexibility index (Phi) is 3.50. The number of carboxylic acids is 1. The summed E-state index contributed by atoms with van der Waals surface area (Å²) in [7, 11) is 0. The zero-order valence-corrected chi connectivity index (χ0v) is 12.1. The van der Waals surface area contributed by atoms with Crippen LogP contribution in [0.3, 0.4) is 0 Å². The maximum atomic E-state index is 12.3. The van der Waals surface area contributed by atoms with Gasteiger partial charge in [-0.05, 0) is 13.0 Å². The molecule has 2 aromatic heterocycles. The molecule has 0 aliphatic carbocycles. The monoisotopic (exact) mass is 297 g/mol. The van der Waals surface area contributed by atoms with Crippen molar-refractivity contribution in [1.29, 1.82) is 0 Å². The molecule has 112 valence electrons. The van der Waals surface area contributed by atoms with E-state index in [4.69, 9.17) is 5.11 Å². The molecule has 22 heavy (non-hydrogen) atoms. The Morgan fingerprint density at radius 3 is 2.64 bits per heavy atom. The van der Waals surface area contributed by atoms with E-state index in [0.29, 0.717) is 11.2 Å². The predicted octanol–water partition coefficient (Wildman–Crippen LogP) is 1.95. The fourth-order valence-corrected chi connectivity index (χ4v) is 2.28. The highest BCUT2D eigenvalue weighted by Gasteiger charge is 2.09. The number of benzene rings is 1.